The summed E-state index contributed by atoms with van der Waals surface area (Å²) in [7, 11) is -3.79. The largest absolute Gasteiger partial charge is 0.397 e. The molecule has 0 radical (unpaired) electrons. The number of hydrogen-bond acceptors (Lipinski definition) is 4. The molecule has 0 fully saturated rings. The second-order valence-electron chi connectivity index (χ2n) is 3.63. The summed E-state index contributed by atoms with van der Waals surface area (Å²) in [4.78, 5) is 1.62. The summed E-state index contributed by atoms with van der Waals surface area (Å²) < 4.78 is 22.7. The summed E-state index contributed by atoms with van der Waals surface area (Å²) in [6.45, 7) is 0. The van der Waals surface area contributed by atoms with Crippen molar-refractivity contribution < 1.29 is 8.42 Å². The molecule has 0 heterocycles. The highest BCUT2D eigenvalue weighted by atomic mass is 32.2. The number of sulfonamides is 1. The van der Waals surface area contributed by atoms with E-state index in [1.54, 1.807) is 12.1 Å². The van der Waals surface area contributed by atoms with Crippen molar-refractivity contribution in [2.45, 2.75) is 14.7 Å². The molecule has 0 bridgehead atoms. The van der Waals surface area contributed by atoms with E-state index in [1.807, 2.05) is 30.3 Å². The molecule has 0 aliphatic heterocycles. The number of nitrogens with two attached hydrogens (primary N) is 2. The Bertz CT molecular complexity index is 655. The van der Waals surface area contributed by atoms with Crippen molar-refractivity contribution in [1.29, 1.82) is 0 Å². The highest BCUT2D eigenvalue weighted by Gasteiger charge is 2.15. The van der Waals surface area contributed by atoms with Crippen LogP contribution in [0.1, 0.15) is 0 Å². The van der Waals surface area contributed by atoms with E-state index in [-0.39, 0.29) is 10.6 Å². The Morgan fingerprint density at radius 1 is 0.944 bits per heavy atom. The van der Waals surface area contributed by atoms with Gasteiger partial charge in [0.15, 0.2) is 0 Å². The zero-order valence-electron chi connectivity index (χ0n) is 9.41. The molecule has 0 unspecified atom stereocenters. The molecule has 0 atom stereocenters. The van der Waals surface area contributed by atoms with E-state index in [2.05, 4.69) is 0 Å². The van der Waals surface area contributed by atoms with Gasteiger partial charge in [0.25, 0.3) is 0 Å². The Balaban J connectivity index is 2.42. The average molecular weight is 280 g/mol. The van der Waals surface area contributed by atoms with E-state index in [1.165, 1.54) is 17.8 Å². The molecule has 2 aromatic rings. The maximum atomic E-state index is 11.3. The molecule has 0 saturated carbocycles. The number of para-hydroxylation sites is 1. The molecule has 18 heavy (non-hydrogen) atoms. The molecule has 0 aliphatic carbocycles. The first-order chi connectivity index (χ1) is 8.48. The lowest BCUT2D eigenvalue weighted by atomic mass is 10.3. The van der Waals surface area contributed by atoms with Gasteiger partial charge >= 0.3 is 0 Å². The van der Waals surface area contributed by atoms with Crippen molar-refractivity contribution in [2.24, 2.45) is 5.14 Å². The van der Waals surface area contributed by atoms with Gasteiger partial charge in [-0.2, -0.15) is 0 Å². The lowest BCUT2D eigenvalue weighted by Gasteiger charge is -2.08. The van der Waals surface area contributed by atoms with E-state index >= 15 is 0 Å². The third-order valence-electron chi connectivity index (χ3n) is 2.30. The van der Waals surface area contributed by atoms with E-state index in [0.717, 1.165) is 4.90 Å². The highest BCUT2D eigenvalue weighted by molar-refractivity contribution is 7.99. The topological polar surface area (TPSA) is 86.2 Å². The zero-order chi connectivity index (χ0) is 13.2. The summed E-state index contributed by atoms with van der Waals surface area (Å²) >= 11 is 1.40. The summed E-state index contributed by atoms with van der Waals surface area (Å²) in [5.74, 6) is 0. The van der Waals surface area contributed by atoms with Gasteiger partial charge in [0, 0.05) is 9.79 Å². The summed E-state index contributed by atoms with van der Waals surface area (Å²) in [6.07, 6.45) is 0. The van der Waals surface area contributed by atoms with Crippen molar-refractivity contribution in [1.82, 2.24) is 0 Å². The highest BCUT2D eigenvalue weighted by Crippen LogP contribution is 2.34. The quantitative estimate of drug-likeness (QED) is 0.843. The average Bonchev–Trinajstić information content (AvgIpc) is 2.32. The number of anilines is 1. The van der Waals surface area contributed by atoms with Gasteiger partial charge in [-0.15, -0.1) is 0 Å². The molecule has 94 valence electrons. The molecule has 0 saturated heterocycles. The van der Waals surface area contributed by atoms with Gasteiger partial charge in [0.2, 0.25) is 10.0 Å². The van der Waals surface area contributed by atoms with Gasteiger partial charge in [-0.3, -0.25) is 0 Å². The smallest absolute Gasteiger partial charge is 0.240 e. The van der Waals surface area contributed by atoms with E-state index in [9.17, 15) is 8.42 Å². The van der Waals surface area contributed by atoms with Gasteiger partial charge in [-0.1, -0.05) is 36.0 Å². The van der Waals surface area contributed by atoms with Crippen LogP contribution >= 0.6 is 11.8 Å². The second kappa shape index (κ2) is 5.01. The van der Waals surface area contributed by atoms with E-state index < -0.39 is 10.0 Å². The maximum Gasteiger partial charge on any atom is 0.240 e. The summed E-state index contributed by atoms with van der Waals surface area (Å²) in [5, 5.41) is 5.10. The number of nitrogen functional groups attached to an aromatic ring is 1. The number of rotatable bonds is 3. The Hall–Kier alpha value is -1.50. The van der Waals surface area contributed by atoms with Crippen LogP contribution in [0.2, 0.25) is 0 Å². The van der Waals surface area contributed by atoms with Gasteiger partial charge in [-0.25, -0.2) is 13.6 Å². The molecule has 0 aromatic heterocycles. The van der Waals surface area contributed by atoms with Gasteiger partial charge in [-0.05, 0) is 24.3 Å². The molecular weight excluding hydrogens is 268 g/mol. The lowest BCUT2D eigenvalue weighted by molar-refractivity contribution is 0.598. The molecule has 2 aromatic carbocycles. The molecule has 6 heteroatoms. The van der Waals surface area contributed by atoms with E-state index in [4.69, 9.17) is 10.9 Å². The summed E-state index contributed by atoms with van der Waals surface area (Å²) in [6, 6.07) is 14.4. The van der Waals surface area contributed by atoms with E-state index in [0.29, 0.717) is 4.90 Å². The fourth-order valence-corrected chi connectivity index (χ4v) is 3.14. The first kappa shape index (κ1) is 12.9. The lowest BCUT2D eigenvalue weighted by Crippen LogP contribution is -2.14. The molecular formula is C12H12N2O2S2. The monoisotopic (exact) mass is 280 g/mol. The first-order valence-electron chi connectivity index (χ1n) is 5.12. The van der Waals surface area contributed by atoms with Crippen molar-refractivity contribution in [3.63, 3.8) is 0 Å². The zero-order valence-corrected chi connectivity index (χ0v) is 11.0. The minimum absolute atomic E-state index is 0.0385. The standard InChI is InChI=1S/C12H12N2O2S2/c13-12-10(17-9-5-2-1-3-6-9)7-4-8-11(12)18(14,15)16/h1-8H,13H2,(H2,14,15,16). The predicted octanol–water partition coefficient (Wildman–Crippen LogP) is 2.07. The van der Waals surface area contributed by atoms with Gasteiger partial charge < -0.3 is 5.73 Å². The Kier molecular flexibility index (Phi) is 3.60. The van der Waals surface area contributed by atoms with Crippen LogP contribution in [0.4, 0.5) is 5.69 Å². The molecule has 0 spiro atoms. The Morgan fingerprint density at radius 3 is 2.22 bits per heavy atom. The molecule has 4 nitrogen and oxygen atoms in total. The number of primary sulfonamides is 1. The minimum Gasteiger partial charge on any atom is -0.397 e. The molecule has 4 N–H and O–H groups in total. The van der Waals surface area contributed by atoms with Crippen molar-refractivity contribution >= 4 is 27.5 Å². The van der Waals surface area contributed by atoms with Crippen LogP contribution in [-0.2, 0) is 10.0 Å². The van der Waals surface area contributed by atoms with Crippen LogP contribution in [0.5, 0.6) is 0 Å². The number of hydrogen-bond donors (Lipinski definition) is 2. The summed E-state index contributed by atoms with van der Waals surface area (Å²) in [5.41, 5.74) is 6.03. The Morgan fingerprint density at radius 2 is 1.61 bits per heavy atom. The normalized spacial score (nSPS) is 11.4. The third kappa shape index (κ3) is 2.84. The van der Waals surface area contributed by atoms with Gasteiger partial charge in [0.05, 0.1) is 5.69 Å². The number of benzene rings is 2. The first-order valence-corrected chi connectivity index (χ1v) is 7.49. The molecule has 0 aliphatic rings. The fourth-order valence-electron chi connectivity index (χ4n) is 1.48. The molecule has 2 rings (SSSR count). The van der Waals surface area contributed by atoms with Gasteiger partial charge in [0.1, 0.15) is 4.90 Å². The third-order valence-corrected chi connectivity index (χ3v) is 4.36. The van der Waals surface area contributed by atoms with Crippen LogP contribution < -0.4 is 10.9 Å². The minimum atomic E-state index is -3.79. The fraction of sp³-hybridized carbons (Fsp3) is 0. The van der Waals surface area contributed by atoms with Crippen LogP contribution in [0, 0.1) is 0 Å². The van der Waals surface area contributed by atoms with Crippen molar-refractivity contribution in [3.05, 3.63) is 48.5 Å². The Labute approximate surface area is 110 Å². The van der Waals surface area contributed by atoms with Crippen molar-refractivity contribution in [2.75, 3.05) is 5.73 Å². The van der Waals surface area contributed by atoms with Crippen LogP contribution in [-0.4, -0.2) is 8.42 Å². The van der Waals surface area contributed by atoms with Crippen molar-refractivity contribution in [3.8, 4) is 0 Å². The molecule has 0 amide bonds. The second-order valence-corrected chi connectivity index (χ2v) is 6.27. The SMILES string of the molecule is Nc1c(Sc2ccccc2)cccc1S(N)(=O)=O. The predicted molar refractivity (Wildman–Crippen MR) is 72.8 cm³/mol. The van der Waals surface area contributed by atoms with Crippen LogP contribution in [0.15, 0.2) is 63.2 Å². The van der Waals surface area contributed by atoms with Crippen LogP contribution in [0.25, 0.3) is 0 Å². The maximum absolute atomic E-state index is 11.3. The van der Waals surface area contributed by atoms with Crippen LogP contribution in [0.3, 0.4) is 0 Å².